The van der Waals surface area contributed by atoms with Crippen LogP contribution in [0.5, 0.6) is 5.75 Å². The average molecular weight is 325 g/mol. The highest BCUT2D eigenvalue weighted by molar-refractivity contribution is 9.12. The summed E-state index contributed by atoms with van der Waals surface area (Å²) in [4.78, 5) is 26.9. The van der Waals surface area contributed by atoms with Crippen LogP contribution in [0.15, 0.2) is 39.5 Å². The van der Waals surface area contributed by atoms with Crippen molar-refractivity contribution in [3.8, 4) is 5.75 Å². The molecule has 0 unspecified atom stereocenters. The number of hydrogen-bond donors (Lipinski definition) is 1. The van der Waals surface area contributed by atoms with Gasteiger partial charge < -0.3 is 15.2 Å². The predicted octanol–water partition coefficient (Wildman–Crippen LogP) is 1.36. The van der Waals surface area contributed by atoms with Crippen molar-refractivity contribution in [2.45, 2.75) is 0 Å². The molecule has 1 aliphatic rings. The Morgan fingerprint density at radius 3 is 2.47 bits per heavy atom. The van der Waals surface area contributed by atoms with Crippen LogP contribution in [0.2, 0.25) is 0 Å². The van der Waals surface area contributed by atoms with E-state index in [4.69, 9.17) is 15.2 Å². The van der Waals surface area contributed by atoms with Gasteiger partial charge in [0.25, 0.3) is 6.02 Å². The van der Waals surface area contributed by atoms with Crippen LogP contribution in [0.4, 0.5) is 0 Å². The Balaban J connectivity index is 2.29. The van der Waals surface area contributed by atoms with E-state index < -0.39 is 11.7 Å². The zero-order chi connectivity index (χ0) is 14.0. The van der Waals surface area contributed by atoms with E-state index in [-0.39, 0.29) is 16.3 Å². The first-order valence-electron chi connectivity index (χ1n) is 5.18. The second-order valence-corrected chi connectivity index (χ2v) is 4.35. The van der Waals surface area contributed by atoms with E-state index in [0.717, 1.165) is 0 Å². The van der Waals surface area contributed by atoms with Crippen molar-refractivity contribution in [1.82, 2.24) is 0 Å². The number of ether oxygens (including phenoxy) is 2. The van der Waals surface area contributed by atoms with Crippen LogP contribution in [0.25, 0.3) is 0 Å². The van der Waals surface area contributed by atoms with Gasteiger partial charge in [0.1, 0.15) is 10.2 Å². The molecule has 2 N–H and O–H groups in total. The first-order valence-corrected chi connectivity index (χ1v) is 5.97. The molecule has 0 bridgehead atoms. The van der Waals surface area contributed by atoms with Crippen molar-refractivity contribution in [1.29, 1.82) is 0 Å². The molecule has 1 aromatic carbocycles. The number of amides is 1. The van der Waals surface area contributed by atoms with E-state index in [9.17, 15) is 9.59 Å². The van der Waals surface area contributed by atoms with Crippen LogP contribution in [0.1, 0.15) is 10.4 Å². The summed E-state index contributed by atoms with van der Waals surface area (Å²) in [6, 6.07) is 6.15. The molecule has 19 heavy (non-hydrogen) atoms. The highest BCUT2D eigenvalue weighted by Crippen LogP contribution is 2.24. The maximum Gasteiger partial charge on any atom is 0.318 e. The minimum absolute atomic E-state index is 0.0214. The number of allylic oxidation sites excluding steroid dienone is 1. The average Bonchev–Trinajstić information content (AvgIpc) is 2.76. The minimum atomic E-state index is -0.689. The number of nitrogens with two attached hydrogens (primary N) is 1. The topological polar surface area (TPSA) is 91.0 Å². The third-order valence-electron chi connectivity index (χ3n) is 2.36. The number of carbonyl (C=O) groups is 2. The second-order valence-electron chi connectivity index (χ2n) is 3.56. The zero-order valence-corrected chi connectivity index (χ0v) is 11.4. The van der Waals surface area contributed by atoms with Gasteiger partial charge in [-0.25, -0.2) is 0 Å². The summed E-state index contributed by atoms with van der Waals surface area (Å²) in [7, 11) is 1.53. The quantitative estimate of drug-likeness (QED) is 0.669. The summed E-state index contributed by atoms with van der Waals surface area (Å²) in [5, 5.41) is 0. The lowest BCUT2D eigenvalue weighted by Crippen LogP contribution is -2.12. The van der Waals surface area contributed by atoms with Crippen LogP contribution in [0.3, 0.4) is 0 Å². The molecule has 0 atom stereocenters. The van der Waals surface area contributed by atoms with Gasteiger partial charge >= 0.3 is 5.91 Å². The fraction of sp³-hybridized carbons (Fsp3) is 0.0833. The molecular formula is C12H9BrN2O4. The molecule has 0 spiro atoms. The van der Waals surface area contributed by atoms with Gasteiger partial charge in [-0.05, 0) is 40.2 Å². The van der Waals surface area contributed by atoms with E-state index in [1.165, 1.54) is 7.11 Å². The van der Waals surface area contributed by atoms with Crippen molar-refractivity contribution >= 4 is 33.6 Å². The molecule has 1 amide bonds. The number of Topliss-reactive ketones (excluding diaryl/α,β-unsaturated/α-hetero) is 1. The number of ketones is 1. The van der Waals surface area contributed by atoms with Crippen LogP contribution >= 0.6 is 15.9 Å². The van der Waals surface area contributed by atoms with E-state index in [2.05, 4.69) is 20.9 Å². The van der Waals surface area contributed by atoms with Crippen LogP contribution in [0, 0.1) is 0 Å². The number of amidine groups is 1. The Bertz CT molecular complexity index is 605. The molecule has 1 aromatic rings. The summed E-state index contributed by atoms with van der Waals surface area (Å²) in [6.07, 6.45) is 0. The Morgan fingerprint density at radius 2 is 2.00 bits per heavy atom. The first kappa shape index (κ1) is 13.3. The van der Waals surface area contributed by atoms with Crippen molar-refractivity contribution < 1.29 is 19.1 Å². The fourth-order valence-corrected chi connectivity index (χ4v) is 1.91. The van der Waals surface area contributed by atoms with Crippen LogP contribution < -0.4 is 10.5 Å². The number of nitrogens with zero attached hydrogens (tertiary/aromatic N) is 1. The van der Waals surface area contributed by atoms with Crippen molar-refractivity contribution in [2.24, 2.45) is 10.7 Å². The smallest absolute Gasteiger partial charge is 0.318 e. The van der Waals surface area contributed by atoms with Crippen molar-refractivity contribution in [2.75, 3.05) is 7.11 Å². The molecule has 0 radical (unpaired) electrons. The molecule has 1 heterocycles. The van der Waals surface area contributed by atoms with Crippen molar-refractivity contribution in [3.63, 3.8) is 0 Å². The van der Waals surface area contributed by atoms with Gasteiger partial charge in [0.2, 0.25) is 11.5 Å². The van der Waals surface area contributed by atoms with Gasteiger partial charge in [0.15, 0.2) is 0 Å². The van der Waals surface area contributed by atoms with E-state index in [0.29, 0.717) is 11.3 Å². The number of aliphatic imine (C=N–C) groups is 1. The molecule has 2 rings (SSSR count). The number of methoxy groups -OCH3 is 1. The standard InChI is InChI=1S/C12H9BrN2O4/c1-18-7-4-2-6(3-5-7)9(16)8(13)10-11(17)15-12(14)19-10/h2-5H,1H3,(H2,14,15,17)/b10-8-. The van der Waals surface area contributed by atoms with E-state index in [1.807, 2.05) is 0 Å². The van der Waals surface area contributed by atoms with Gasteiger partial charge in [-0.2, -0.15) is 4.99 Å². The Hall–Kier alpha value is -2.15. The van der Waals surface area contributed by atoms with Gasteiger partial charge in [-0.15, -0.1) is 0 Å². The summed E-state index contributed by atoms with van der Waals surface area (Å²) < 4.78 is 9.86. The van der Waals surface area contributed by atoms with Crippen LogP contribution in [-0.4, -0.2) is 24.8 Å². The fourth-order valence-electron chi connectivity index (χ4n) is 1.43. The molecule has 0 saturated carbocycles. The number of benzene rings is 1. The van der Waals surface area contributed by atoms with E-state index in [1.54, 1.807) is 24.3 Å². The third-order valence-corrected chi connectivity index (χ3v) is 3.08. The van der Waals surface area contributed by atoms with Crippen LogP contribution in [-0.2, 0) is 9.53 Å². The van der Waals surface area contributed by atoms with E-state index >= 15 is 0 Å². The molecular weight excluding hydrogens is 316 g/mol. The lowest BCUT2D eigenvalue weighted by Gasteiger charge is -2.04. The Labute approximate surface area is 117 Å². The zero-order valence-electron chi connectivity index (χ0n) is 9.84. The lowest BCUT2D eigenvalue weighted by atomic mass is 10.1. The number of carbonyl (C=O) groups excluding carboxylic acids is 2. The highest BCUT2D eigenvalue weighted by atomic mass is 79.9. The number of hydrogen-bond acceptors (Lipinski definition) is 5. The maximum atomic E-state index is 12.1. The van der Waals surface area contributed by atoms with Gasteiger partial charge in [0, 0.05) is 5.56 Å². The summed E-state index contributed by atoms with van der Waals surface area (Å²) in [6.45, 7) is 0. The Morgan fingerprint density at radius 1 is 1.37 bits per heavy atom. The largest absolute Gasteiger partial charge is 0.497 e. The first-order chi connectivity index (χ1) is 9.02. The highest BCUT2D eigenvalue weighted by Gasteiger charge is 2.27. The lowest BCUT2D eigenvalue weighted by molar-refractivity contribution is -0.115. The summed E-state index contributed by atoms with van der Waals surface area (Å²) in [5.41, 5.74) is 5.63. The second kappa shape index (κ2) is 5.23. The maximum absolute atomic E-state index is 12.1. The molecule has 7 heteroatoms. The molecule has 6 nitrogen and oxygen atoms in total. The molecule has 98 valence electrons. The normalized spacial score (nSPS) is 16.7. The molecule has 1 aliphatic heterocycles. The molecule has 0 saturated heterocycles. The third kappa shape index (κ3) is 2.65. The molecule has 0 fully saturated rings. The molecule has 0 aliphatic carbocycles. The molecule has 0 aromatic heterocycles. The minimum Gasteiger partial charge on any atom is -0.497 e. The summed E-state index contributed by atoms with van der Waals surface area (Å²) in [5.74, 6) is -0.679. The van der Waals surface area contributed by atoms with Crippen molar-refractivity contribution in [3.05, 3.63) is 40.1 Å². The van der Waals surface area contributed by atoms with Gasteiger partial charge in [0.05, 0.1) is 7.11 Å². The SMILES string of the molecule is COc1ccc(C(=O)/C(Br)=C2/OC(N)=NC2=O)cc1. The number of halogens is 1. The van der Waals surface area contributed by atoms with Gasteiger partial charge in [-0.3, -0.25) is 9.59 Å². The monoisotopic (exact) mass is 324 g/mol. The summed E-state index contributed by atoms with van der Waals surface area (Å²) >= 11 is 3.03. The van der Waals surface area contributed by atoms with Gasteiger partial charge in [-0.1, -0.05) is 0 Å². The Kier molecular flexibility index (Phi) is 3.66. The number of rotatable bonds is 3. The predicted molar refractivity (Wildman–Crippen MR) is 71.0 cm³/mol.